The maximum atomic E-state index is 4.27. The first-order chi connectivity index (χ1) is 7.79. The predicted molar refractivity (Wildman–Crippen MR) is 73.0 cm³/mol. The van der Waals surface area contributed by atoms with Crippen molar-refractivity contribution in [2.45, 2.75) is 66.1 Å². The van der Waals surface area contributed by atoms with Crippen LogP contribution in [0.5, 0.6) is 0 Å². The van der Waals surface area contributed by atoms with E-state index in [0.717, 1.165) is 12.5 Å². The zero-order chi connectivity index (χ0) is 13.1. The molecule has 1 aromatic rings. The number of hydrogen-bond acceptors (Lipinski definition) is 2. The normalized spacial score (nSPS) is 14.3. The molecule has 0 saturated carbocycles. The molecule has 3 nitrogen and oxygen atoms in total. The minimum absolute atomic E-state index is 0.149. The van der Waals surface area contributed by atoms with Gasteiger partial charge in [-0.2, -0.15) is 0 Å². The van der Waals surface area contributed by atoms with Crippen LogP contribution >= 0.6 is 0 Å². The van der Waals surface area contributed by atoms with Crippen molar-refractivity contribution in [1.82, 2.24) is 14.9 Å². The van der Waals surface area contributed by atoms with E-state index < -0.39 is 0 Å². The van der Waals surface area contributed by atoms with E-state index in [0.29, 0.717) is 6.04 Å². The lowest BCUT2D eigenvalue weighted by atomic mass is 10.0. The largest absolute Gasteiger partial charge is 0.331 e. The van der Waals surface area contributed by atoms with Gasteiger partial charge in [0.1, 0.15) is 0 Å². The van der Waals surface area contributed by atoms with Gasteiger partial charge in [-0.1, -0.05) is 13.8 Å². The van der Waals surface area contributed by atoms with Crippen LogP contribution in [0.3, 0.4) is 0 Å². The summed E-state index contributed by atoms with van der Waals surface area (Å²) in [6, 6.07) is 0.522. The Bertz CT molecular complexity index is 333. The second kappa shape index (κ2) is 5.67. The van der Waals surface area contributed by atoms with E-state index >= 15 is 0 Å². The molecular formula is C14H27N3. The van der Waals surface area contributed by atoms with Crippen LogP contribution in [0, 0.1) is 5.92 Å². The summed E-state index contributed by atoms with van der Waals surface area (Å²) in [6.45, 7) is 14.2. The average Bonchev–Trinajstić information content (AvgIpc) is 2.60. The van der Waals surface area contributed by atoms with Crippen LogP contribution in [0.25, 0.3) is 0 Å². The van der Waals surface area contributed by atoms with Gasteiger partial charge in [0, 0.05) is 24.3 Å². The van der Waals surface area contributed by atoms with Gasteiger partial charge < -0.3 is 9.88 Å². The lowest BCUT2D eigenvalue weighted by Crippen LogP contribution is -2.35. The highest BCUT2D eigenvalue weighted by Gasteiger charge is 2.14. The molecule has 0 aliphatic heterocycles. The van der Waals surface area contributed by atoms with Gasteiger partial charge in [-0.15, -0.1) is 0 Å². The maximum absolute atomic E-state index is 4.27. The molecule has 1 N–H and O–H groups in total. The van der Waals surface area contributed by atoms with E-state index in [1.807, 2.05) is 12.5 Å². The van der Waals surface area contributed by atoms with Gasteiger partial charge in [0.05, 0.1) is 12.0 Å². The number of hydrogen-bond donors (Lipinski definition) is 1. The van der Waals surface area contributed by atoms with E-state index in [-0.39, 0.29) is 5.54 Å². The van der Waals surface area contributed by atoms with Crippen LogP contribution in [0.2, 0.25) is 0 Å². The SMILES string of the molecule is CC(C)CC(C)n1cncc1CNC(C)(C)C. The van der Waals surface area contributed by atoms with Crippen molar-refractivity contribution in [2.24, 2.45) is 5.92 Å². The molecule has 1 heterocycles. The van der Waals surface area contributed by atoms with Crippen molar-refractivity contribution >= 4 is 0 Å². The third kappa shape index (κ3) is 4.90. The Morgan fingerprint density at radius 3 is 2.47 bits per heavy atom. The summed E-state index contributed by atoms with van der Waals surface area (Å²) in [5.41, 5.74) is 1.42. The summed E-state index contributed by atoms with van der Waals surface area (Å²) in [6.07, 6.45) is 5.11. The summed E-state index contributed by atoms with van der Waals surface area (Å²) < 4.78 is 2.29. The fourth-order valence-electron chi connectivity index (χ4n) is 2.02. The Labute approximate surface area is 106 Å². The Morgan fingerprint density at radius 2 is 1.94 bits per heavy atom. The first-order valence-electron chi connectivity index (χ1n) is 6.55. The van der Waals surface area contributed by atoms with Crippen LogP contribution < -0.4 is 5.32 Å². The molecule has 0 radical (unpaired) electrons. The Kier molecular flexibility index (Phi) is 4.75. The van der Waals surface area contributed by atoms with Gasteiger partial charge in [0.2, 0.25) is 0 Å². The maximum Gasteiger partial charge on any atom is 0.0951 e. The number of imidazole rings is 1. The van der Waals surface area contributed by atoms with Crippen LogP contribution in [0.15, 0.2) is 12.5 Å². The molecule has 17 heavy (non-hydrogen) atoms. The molecule has 0 aromatic carbocycles. The molecule has 1 aromatic heterocycles. The van der Waals surface area contributed by atoms with Crippen molar-refractivity contribution in [3.63, 3.8) is 0 Å². The van der Waals surface area contributed by atoms with Crippen LogP contribution in [-0.4, -0.2) is 15.1 Å². The van der Waals surface area contributed by atoms with Gasteiger partial charge >= 0.3 is 0 Å². The highest BCUT2D eigenvalue weighted by Crippen LogP contribution is 2.18. The topological polar surface area (TPSA) is 29.9 Å². The standard InChI is InChI=1S/C14H27N3/c1-11(2)7-12(3)17-10-15-8-13(17)9-16-14(4,5)6/h8,10-12,16H,7,9H2,1-6H3. The molecule has 3 heteroatoms. The molecule has 0 bridgehead atoms. The number of rotatable bonds is 5. The van der Waals surface area contributed by atoms with Crippen molar-refractivity contribution in [2.75, 3.05) is 0 Å². The molecule has 1 unspecified atom stereocenters. The fraction of sp³-hybridized carbons (Fsp3) is 0.786. The third-order valence-electron chi connectivity index (χ3n) is 2.83. The van der Waals surface area contributed by atoms with Crippen LogP contribution in [0.1, 0.15) is 59.7 Å². The fourth-order valence-corrected chi connectivity index (χ4v) is 2.02. The van der Waals surface area contributed by atoms with Crippen molar-refractivity contribution < 1.29 is 0 Å². The summed E-state index contributed by atoms with van der Waals surface area (Å²) in [5, 5.41) is 3.51. The lowest BCUT2D eigenvalue weighted by Gasteiger charge is -2.23. The van der Waals surface area contributed by atoms with Gasteiger partial charge in [-0.3, -0.25) is 0 Å². The summed E-state index contributed by atoms with van der Waals surface area (Å²) in [4.78, 5) is 4.27. The summed E-state index contributed by atoms with van der Waals surface area (Å²) >= 11 is 0. The van der Waals surface area contributed by atoms with E-state index in [2.05, 4.69) is 56.4 Å². The molecule has 0 aliphatic rings. The number of nitrogens with one attached hydrogen (secondary N) is 1. The quantitative estimate of drug-likeness (QED) is 0.851. The molecule has 98 valence electrons. The number of nitrogens with zero attached hydrogens (tertiary/aromatic N) is 2. The van der Waals surface area contributed by atoms with E-state index in [1.54, 1.807) is 0 Å². The molecule has 0 aliphatic carbocycles. The average molecular weight is 237 g/mol. The molecule has 0 fully saturated rings. The number of aromatic nitrogens is 2. The zero-order valence-electron chi connectivity index (χ0n) is 12.1. The Balaban J connectivity index is 2.65. The molecule has 0 amide bonds. The smallest absolute Gasteiger partial charge is 0.0951 e. The van der Waals surface area contributed by atoms with Crippen LogP contribution in [0.4, 0.5) is 0 Å². The second-order valence-corrected chi connectivity index (χ2v) is 6.37. The Hall–Kier alpha value is -0.830. The first-order valence-corrected chi connectivity index (χ1v) is 6.55. The third-order valence-corrected chi connectivity index (χ3v) is 2.83. The highest BCUT2D eigenvalue weighted by atomic mass is 15.1. The molecule has 0 spiro atoms. The summed E-state index contributed by atoms with van der Waals surface area (Å²) in [7, 11) is 0. The molecule has 1 atom stereocenters. The van der Waals surface area contributed by atoms with Gasteiger partial charge in [0.25, 0.3) is 0 Å². The second-order valence-electron chi connectivity index (χ2n) is 6.37. The molecule has 1 rings (SSSR count). The minimum atomic E-state index is 0.149. The summed E-state index contributed by atoms with van der Waals surface area (Å²) in [5.74, 6) is 0.718. The van der Waals surface area contributed by atoms with Crippen molar-refractivity contribution in [1.29, 1.82) is 0 Å². The predicted octanol–water partition coefficient (Wildman–Crippen LogP) is 3.38. The molecular weight excluding hydrogens is 210 g/mol. The van der Waals surface area contributed by atoms with E-state index in [9.17, 15) is 0 Å². The van der Waals surface area contributed by atoms with Crippen molar-refractivity contribution in [3.8, 4) is 0 Å². The minimum Gasteiger partial charge on any atom is -0.331 e. The van der Waals surface area contributed by atoms with Gasteiger partial charge in [-0.05, 0) is 40.0 Å². The van der Waals surface area contributed by atoms with Gasteiger partial charge in [0.15, 0.2) is 0 Å². The Morgan fingerprint density at radius 1 is 1.29 bits per heavy atom. The van der Waals surface area contributed by atoms with E-state index in [4.69, 9.17) is 0 Å². The van der Waals surface area contributed by atoms with Crippen molar-refractivity contribution in [3.05, 3.63) is 18.2 Å². The van der Waals surface area contributed by atoms with Crippen LogP contribution in [-0.2, 0) is 6.54 Å². The zero-order valence-corrected chi connectivity index (χ0v) is 12.1. The van der Waals surface area contributed by atoms with Gasteiger partial charge in [-0.25, -0.2) is 4.98 Å². The highest BCUT2D eigenvalue weighted by molar-refractivity contribution is 5.00. The first kappa shape index (κ1) is 14.2. The monoisotopic (exact) mass is 237 g/mol. The van der Waals surface area contributed by atoms with E-state index in [1.165, 1.54) is 12.1 Å². The molecule has 0 saturated heterocycles. The lowest BCUT2D eigenvalue weighted by molar-refractivity contribution is 0.388.